The highest BCUT2D eigenvalue weighted by Gasteiger charge is 2.30. The zero-order valence-corrected chi connectivity index (χ0v) is 9.61. The van der Waals surface area contributed by atoms with Gasteiger partial charge >= 0.3 is 6.18 Å². The largest absolute Gasteiger partial charge is 0.416 e. The summed E-state index contributed by atoms with van der Waals surface area (Å²) in [7, 11) is 0. The van der Waals surface area contributed by atoms with Gasteiger partial charge in [0.15, 0.2) is 0 Å². The number of aliphatic hydroxyl groups is 1. The molecule has 0 heterocycles. The molecule has 0 aromatic heterocycles. The Morgan fingerprint density at radius 2 is 2.06 bits per heavy atom. The van der Waals surface area contributed by atoms with E-state index in [9.17, 15) is 13.2 Å². The van der Waals surface area contributed by atoms with Crippen LogP contribution in [0.4, 0.5) is 13.2 Å². The Balaban J connectivity index is 2.68. The minimum Gasteiger partial charge on any atom is -0.395 e. The van der Waals surface area contributed by atoms with Crippen molar-refractivity contribution in [3.8, 4) is 0 Å². The first-order valence-electron chi connectivity index (χ1n) is 4.82. The Kier molecular flexibility index (Phi) is 4.68. The summed E-state index contributed by atoms with van der Waals surface area (Å²) < 4.78 is 37.2. The third-order valence-electron chi connectivity index (χ3n) is 2.05. The summed E-state index contributed by atoms with van der Waals surface area (Å²) in [5, 5.41) is 8.83. The van der Waals surface area contributed by atoms with E-state index in [0.717, 1.165) is 12.1 Å². The van der Waals surface area contributed by atoms with Gasteiger partial charge in [-0.25, -0.2) is 0 Å². The van der Waals surface area contributed by atoms with E-state index < -0.39 is 11.7 Å². The predicted molar refractivity (Wildman–Crippen MR) is 59.3 cm³/mol. The molecule has 0 saturated carbocycles. The molecule has 0 amide bonds. The summed E-state index contributed by atoms with van der Waals surface area (Å²) in [5.74, 6) is 0.478. The van der Waals surface area contributed by atoms with Gasteiger partial charge in [-0.05, 0) is 11.6 Å². The molecule has 0 radical (unpaired) electrons. The fraction of sp³-hybridized carbons (Fsp3) is 0.455. The van der Waals surface area contributed by atoms with Gasteiger partial charge in [-0.3, -0.25) is 0 Å². The fourth-order valence-corrected chi connectivity index (χ4v) is 1.89. The van der Waals surface area contributed by atoms with Gasteiger partial charge in [0.05, 0.1) is 12.2 Å². The summed E-state index contributed by atoms with van der Waals surface area (Å²) in [6, 6.07) is 5.27. The van der Waals surface area contributed by atoms with Gasteiger partial charge in [-0.2, -0.15) is 24.9 Å². The van der Waals surface area contributed by atoms with Gasteiger partial charge in [0.2, 0.25) is 0 Å². The van der Waals surface area contributed by atoms with Gasteiger partial charge in [0, 0.05) is 11.0 Å². The summed E-state index contributed by atoms with van der Waals surface area (Å²) in [5.41, 5.74) is 0.00220. The molecule has 1 rings (SSSR count). The number of benzene rings is 1. The highest BCUT2D eigenvalue weighted by atomic mass is 32.2. The van der Waals surface area contributed by atoms with Crippen LogP contribution in [0.2, 0.25) is 0 Å². The minimum atomic E-state index is -4.29. The number of hydrogen-bond donors (Lipinski definition) is 1. The van der Waals surface area contributed by atoms with Crippen molar-refractivity contribution in [2.45, 2.75) is 24.1 Å². The molecule has 0 saturated heterocycles. The van der Waals surface area contributed by atoms with Crippen LogP contribution in [-0.2, 0) is 11.9 Å². The molecule has 1 unspecified atom stereocenters. The molecule has 0 aliphatic rings. The lowest BCUT2D eigenvalue weighted by Gasteiger charge is -2.10. The Labute approximate surface area is 96.7 Å². The maximum absolute atomic E-state index is 12.4. The van der Waals surface area contributed by atoms with Crippen LogP contribution < -0.4 is 0 Å². The van der Waals surface area contributed by atoms with E-state index in [4.69, 9.17) is 5.11 Å². The van der Waals surface area contributed by atoms with Crippen molar-refractivity contribution in [3.63, 3.8) is 0 Å². The second-order valence-electron chi connectivity index (χ2n) is 3.50. The van der Waals surface area contributed by atoms with Gasteiger partial charge < -0.3 is 5.11 Å². The summed E-state index contributed by atoms with van der Waals surface area (Å²) >= 11 is 1.43. The Morgan fingerprint density at radius 1 is 1.38 bits per heavy atom. The van der Waals surface area contributed by atoms with Crippen molar-refractivity contribution < 1.29 is 18.3 Å². The van der Waals surface area contributed by atoms with Crippen LogP contribution in [0, 0.1) is 0 Å². The number of hydrogen-bond acceptors (Lipinski definition) is 2. The predicted octanol–water partition coefficient (Wildman–Crippen LogP) is 3.32. The molecule has 0 aliphatic heterocycles. The second-order valence-corrected chi connectivity index (χ2v) is 4.93. The first kappa shape index (κ1) is 13.4. The van der Waals surface area contributed by atoms with E-state index >= 15 is 0 Å². The molecule has 1 nitrogen and oxygen atoms in total. The number of rotatable bonds is 4. The molecule has 0 fully saturated rings. The number of alkyl halides is 3. The summed E-state index contributed by atoms with van der Waals surface area (Å²) in [6.45, 7) is 1.86. The van der Waals surface area contributed by atoms with Crippen LogP contribution in [0.15, 0.2) is 24.3 Å². The first-order chi connectivity index (χ1) is 7.43. The van der Waals surface area contributed by atoms with Crippen LogP contribution in [-0.4, -0.2) is 17.0 Å². The van der Waals surface area contributed by atoms with Crippen LogP contribution >= 0.6 is 11.8 Å². The van der Waals surface area contributed by atoms with E-state index in [1.807, 2.05) is 6.92 Å². The quantitative estimate of drug-likeness (QED) is 0.884. The van der Waals surface area contributed by atoms with Gasteiger partial charge in [0.25, 0.3) is 0 Å². The Bertz CT molecular complexity index is 338. The molecule has 1 atom stereocenters. The van der Waals surface area contributed by atoms with Crippen molar-refractivity contribution in [2.24, 2.45) is 0 Å². The average molecular weight is 250 g/mol. The van der Waals surface area contributed by atoms with E-state index in [1.165, 1.54) is 17.8 Å². The topological polar surface area (TPSA) is 20.2 Å². The normalized spacial score (nSPS) is 13.8. The third kappa shape index (κ3) is 4.06. The minimum absolute atomic E-state index is 0.0314. The van der Waals surface area contributed by atoms with Crippen molar-refractivity contribution in [1.82, 2.24) is 0 Å². The zero-order valence-electron chi connectivity index (χ0n) is 8.79. The second kappa shape index (κ2) is 5.59. The third-order valence-corrected chi connectivity index (χ3v) is 3.26. The molecule has 0 aliphatic carbocycles. The number of halogens is 3. The molecule has 0 spiro atoms. The monoisotopic (exact) mass is 250 g/mol. The van der Waals surface area contributed by atoms with Crippen LogP contribution in [0.1, 0.15) is 18.1 Å². The maximum Gasteiger partial charge on any atom is 0.416 e. The van der Waals surface area contributed by atoms with E-state index in [2.05, 4.69) is 0 Å². The lowest BCUT2D eigenvalue weighted by atomic mass is 10.1. The summed E-state index contributed by atoms with van der Waals surface area (Å²) in [4.78, 5) is 0. The molecule has 5 heteroatoms. The maximum atomic E-state index is 12.4. The van der Waals surface area contributed by atoms with Crippen LogP contribution in [0.3, 0.4) is 0 Å². The number of thioether (sulfide) groups is 1. The van der Waals surface area contributed by atoms with E-state index in [1.54, 1.807) is 6.07 Å². The lowest BCUT2D eigenvalue weighted by Crippen LogP contribution is -2.06. The molecular weight excluding hydrogens is 237 g/mol. The molecular formula is C11H13F3OS. The van der Waals surface area contributed by atoms with Crippen molar-refractivity contribution in [1.29, 1.82) is 0 Å². The van der Waals surface area contributed by atoms with Crippen LogP contribution in [0.5, 0.6) is 0 Å². The number of aliphatic hydroxyl groups excluding tert-OH is 1. The molecule has 0 bridgehead atoms. The SMILES string of the molecule is CC(CO)SCc1cccc(C(F)(F)F)c1. The Morgan fingerprint density at radius 3 is 2.62 bits per heavy atom. The average Bonchev–Trinajstić information content (AvgIpc) is 2.25. The molecule has 1 aromatic rings. The first-order valence-corrected chi connectivity index (χ1v) is 5.87. The molecule has 90 valence electrons. The zero-order chi connectivity index (χ0) is 12.2. The van der Waals surface area contributed by atoms with Crippen molar-refractivity contribution >= 4 is 11.8 Å². The highest BCUT2D eigenvalue weighted by molar-refractivity contribution is 7.99. The summed E-state index contributed by atoms with van der Waals surface area (Å²) in [6.07, 6.45) is -4.29. The smallest absolute Gasteiger partial charge is 0.395 e. The lowest BCUT2D eigenvalue weighted by molar-refractivity contribution is -0.137. The van der Waals surface area contributed by atoms with Gasteiger partial charge in [-0.1, -0.05) is 25.1 Å². The fourth-order valence-electron chi connectivity index (χ4n) is 1.13. The Hall–Kier alpha value is -0.680. The van der Waals surface area contributed by atoms with Crippen LogP contribution in [0.25, 0.3) is 0 Å². The van der Waals surface area contributed by atoms with Gasteiger partial charge in [-0.15, -0.1) is 0 Å². The van der Waals surface area contributed by atoms with Gasteiger partial charge in [0.1, 0.15) is 0 Å². The van der Waals surface area contributed by atoms with E-state index in [-0.39, 0.29) is 11.9 Å². The molecule has 1 aromatic carbocycles. The van der Waals surface area contributed by atoms with Crippen molar-refractivity contribution in [3.05, 3.63) is 35.4 Å². The highest BCUT2D eigenvalue weighted by Crippen LogP contribution is 2.30. The van der Waals surface area contributed by atoms with Crippen molar-refractivity contribution in [2.75, 3.05) is 6.61 Å². The molecule has 1 N–H and O–H groups in total. The van der Waals surface area contributed by atoms with E-state index in [0.29, 0.717) is 11.3 Å². The molecule has 16 heavy (non-hydrogen) atoms. The standard InChI is InChI=1S/C11H13F3OS/c1-8(6-15)16-7-9-3-2-4-10(5-9)11(12,13)14/h2-5,8,15H,6-7H2,1H3.